The Labute approximate surface area is 117 Å². The smallest absolute Gasteiger partial charge is 0.200 e. The maximum Gasteiger partial charge on any atom is 0.200 e. The SMILES string of the molecule is Nc1nc(=S)c2c(ncn2[C@@H]2O[C@H](CO)[C@@H](O)[C@H]2O)[nH]1. The fourth-order valence-corrected chi connectivity index (χ4v) is 2.58. The van der Waals surface area contributed by atoms with Crippen molar-refractivity contribution in [3.8, 4) is 0 Å². The Morgan fingerprint density at radius 1 is 1.45 bits per heavy atom. The van der Waals surface area contributed by atoms with E-state index in [9.17, 15) is 10.2 Å². The lowest BCUT2D eigenvalue weighted by atomic mass is 10.1. The fraction of sp³-hybridized carbons (Fsp3) is 0.500. The molecule has 3 rings (SSSR count). The van der Waals surface area contributed by atoms with Crippen LogP contribution in [0.3, 0.4) is 0 Å². The molecule has 1 aliphatic rings. The summed E-state index contributed by atoms with van der Waals surface area (Å²) in [5, 5.41) is 28.9. The molecule has 9 nitrogen and oxygen atoms in total. The van der Waals surface area contributed by atoms with E-state index in [1.165, 1.54) is 10.9 Å². The summed E-state index contributed by atoms with van der Waals surface area (Å²) in [6.45, 7) is -0.403. The van der Waals surface area contributed by atoms with Gasteiger partial charge in [-0.3, -0.25) is 4.57 Å². The van der Waals surface area contributed by atoms with Gasteiger partial charge in [0.2, 0.25) is 5.95 Å². The van der Waals surface area contributed by atoms with Crippen LogP contribution in [0.5, 0.6) is 0 Å². The first-order valence-corrected chi connectivity index (χ1v) is 6.28. The largest absolute Gasteiger partial charge is 0.394 e. The second-order valence-electron chi connectivity index (χ2n) is 4.51. The van der Waals surface area contributed by atoms with Crippen molar-refractivity contribution in [2.45, 2.75) is 24.5 Å². The zero-order valence-corrected chi connectivity index (χ0v) is 11.0. The number of H-pyrrole nitrogens is 1. The lowest BCUT2D eigenvalue weighted by Gasteiger charge is -2.16. The number of ether oxygens (including phenoxy) is 1. The van der Waals surface area contributed by atoms with E-state index in [1.54, 1.807) is 0 Å². The third-order valence-corrected chi connectivity index (χ3v) is 3.54. The number of nitrogens with zero attached hydrogens (tertiary/aromatic N) is 3. The van der Waals surface area contributed by atoms with Gasteiger partial charge in [-0.25, -0.2) is 9.97 Å². The lowest BCUT2D eigenvalue weighted by Crippen LogP contribution is -2.33. The number of fused-ring (bicyclic) bond motifs is 1. The Morgan fingerprint density at radius 2 is 2.20 bits per heavy atom. The van der Waals surface area contributed by atoms with Crippen LogP contribution in [-0.2, 0) is 4.74 Å². The molecule has 0 unspecified atom stereocenters. The Morgan fingerprint density at radius 3 is 2.85 bits per heavy atom. The predicted molar refractivity (Wildman–Crippen MR) is 70.1 cm³/mol. The van der Waals surface area contributed by atoms with Gasteiger partial charge in [-0.2, -0.15) is 0 Å². The first-order valence-electron chi connectivity index (χ1n) is 5.87. The summed E-state index contributed by atoms with van der Waals surface area (Å²) in [6, 6.07) is 0. The molecule has 0 radical (unpaired) electrons. The maximum atomic E-state index is 10.0. The van der Waals surface area contributed by atoms with Crippen molar-refractivity contribution in [1.82, 2.24) is 19.5 Å². The van der Waals surface area contributed by atoms with Gasteiger partial charge in [0, 0.05) is 0 Å². The number of nitrogen functional groups attached to an aromatic ring is 1. The average Bonchev–Trinajstić information content (AvgIpc) is 2.93. The molecule has 0 aromatic carbocycles. The van der Waals surface area contributed by atoms with Gasteiger partial charge in [0.15, 0.2) is 16.5 Å². The molecule has 4 atom stereocenters. The molecule has 1 aliphatic heterocycles. The highest BCUT2D eigenvalue weighted by Crippen LogP contribution is 2.31. The molecule has 0 aliphatic carbocycles. The van der Waals surface area contributed by atoms with Gasteiger partial charge < -0.3 is 30.8 Å². The summed E-state index contributed by atoms with van der Waals surface area (Å²) in [7, 11) is 0. The van der Waals surface area contributed by atoms with Gasteiger partial charge in [-0.05, 0) is 0 Å². The van der Waals surface area contributed by atoms with Gasteiger partial charge in [0.25, 0.3) is 0 Å². The maximum absolute atomic E-state index is 10.0. The summed E-state index contributed by atoms with van der Waals surface area (Å²) in [6.07, 6.45) is -2.78. The van der Waals surface area contributed by atoms with Crippen molar-refractivity contribution in [3.63, 3.8) is 0 Å². The summed E-state index contributed by atoms with van der Waals surface area (Å²) >= 11 is 5.12. The van der Waals surface area contributed by atoms with Gasteiger partial charge in [0.05, 0.1) is 12.9 Å². The van der Waals surface area contributed by atoms with E-state index in [1.807, 2.05) is 0 Å². The van der Waals surface area contributed by atoms with Crippen LogP contribution in [0.1, 0.15) is 6.23 Å². The molecule has 1 saturated heterocycles. The minimum atomic E-state index is -1.21. The van der Waals surface area contributed by atoms with Crippen molar-refractivity contribution in [1.29, 1.82) is 0 Å². The van der Waals surface area contributed by atoms with E-state index >= 15 is 0 Å². The van der Waals surface area contributed by atoms with Gasteiger partial charge in [-0.15, -0.1) is 0 Å². The lowest BCUT2D eigenvalue weighted by molar-refractivity contribution is -0.0509. The van der Waals surface area contributed by atoms with Crippen LogP contribution in [0.25, 0.3) is 11.2 Å². The standard InChI is InChI=1S/C10H13N5O4S/c11-10-13-7-4(8(20)14-10)15(2-12-7)9-6(18)5(17)3(1-16)19-9/h2-3,5-6,9,16-18H,1H2,(H3,11,13,14,20)/t3-,5-,6-,9-/m1/s1. The molecular formula is C10H13N5O4S. The number of hydrogen-bond acceptors (Lipinski definition) is 8. The Balaban J connectivity index is 2.10. The van der Waals surface area contributed by atoms with Crippen LogP contribution in [0.15, 0.2) is 6.33 Å². The Hall–Kier alpha value is -1.59. The minimum absolute atomic E-state index is 0.133. The first kappa shape index (κ1) is 13.4. The molecule has 6 N–H and O–H groups in total. The average molecular weight is 299 g/mol. The Bertz CT molecular complexity index is 701. The van der Waals surface area contributed by atoms with E-state index in [2.05, 4.69) is 15.0 Å². The number of anilines is 1. The molecule has 2 aromatic rings. The number of hydrogen-bond donors (Lipinski definition) is 5. The zero-order chi connectivity index (χ0) is 14.4. The molecule has 3 heterocycles. The normalized spacial score (nSPS) is 30.1. The molecule has 1 fully saturated rings. The van der Waals surface area contributed by atoms with Crippen LogP contribution in [0, 0.1) is 4.64 Å². The predicted octanol–water partition coefficient (Wildman–Crippen LogP) is -1.32. The Kier molecular flexibility index (Phi) is 3.18. The molecule has 0 spiro atoms. The highest BCUT2D eigenvalue weighted by atomic mass is 32.1. The van der Waals surface area contributed by atoms with Gasteiger partial charge in [0.1, 0.15) is 23.8 Å². The van der Waals surface area contributed by atoms with Crippen LogP contribution >= 0.6 is 12.2 Å². The number of nitrogens with one attached hydrogen (secondary N) is 1. The monoisotopic (exact) mass is 299 g/mol. The van der Waals surface area contributed by atoms with Crippen LogP contribution in [0.4, 0.5) is 5.95 Å². The molecule has 0 saturated carbocycles. The number of aliphatic hydroxyl groups excluding tert-OH is 3. The summed E-state index contributed by atoms with van der Waals surface area (Å²) in [4.78, 5) is 10.7. The highest BCUT2D eigenvalue weighted by molar-refractivity contribution is 7.71. The fourth-order valence-electron chi connectivity index (χ4n) is 2.28. The van der Waals surface area contributed by atoms with E-state index in [0.717, 1.165) is 0 Å². The second-order valence-corrected chi connectivity index (χ2v) is 4.89. The summed E-state index contributed by atoms with van der Waals surface area (Å²) in [5.41, 5.74) is 6.38. The van der Waals surface area contributed by atoms with Gasteiger partial charge in [-0.1, -0.05) is 12.2 Å². The van der Waals surface area contributed by atoms with Crippen LogP contribution in [0.2, 0.25) is 0 Å². The molecular weight excluding hydrogens is 286 g/mol. The summed E-state index contributed by atoms with van der Waals surface area (Å²) in [5.74, 6) is 0.133. The van der Waals surface area contributed by atoms with Crippen LogP contribution in [-0.4, -0.2) is 59.8 Å². The second kappa shape index (κ2) is 4.75. The number of aliphatic hydroxyl groups is 3. The van der Waals surface area contributed by atoms with E-state index in [4.69, 9.17) is 27.8 Å². The topological polar surface area (TPSA) is 142 Å². The van der Waals surface area contributed by atoms with Crippen molar-refractivity contribution in [3.05, 3.63) is 11.0 Å². The van der Waals surface area contributed by atoms with Gasteiger partial charge >= 0.3 is 0 Å². The first-order chi connectivity index (χ1) is 9.52. The number of aromatic amines is 1. The third-order valence-electron chi connectivity index (χ3n) is 3.26. The third kappa shape index (κ3) is 1.89. The number of imidazole rings is 1. The number of rotatable bonds is 2. The molecule has 108 valence electrons. The quantitative estimate of drug-likeness (QED) is 0.430. The number of nitrogens with two attached hydrogens (primary N) is 1. The van der Waals surface area contributed by atoms with E-state index in [0.29, 0.717) is 11.2 Å². The van der Waals surface area contributed by atoms with Crippen molar-refractivity contribution < 1.29 is 20.1 Å². The van der Waals surface area contributed by atoms with Crippen LogP contribution < -0.4 is 5.73 Å². The van der Waals surface area contributed by atoms with Crippen molar-refractivity contribution in [2.75, 3.05) is 12.3 Å². The molecule has 0 amide bonds. The summed E-state index contributed by atoms with van der Waals surface area (Å²) < 4.78 is 7.09. The van der Waals surface area contributed by atoms with Crippen molar-refractivity contribution in [2.24, 2.45) is 0 Å². The molecule has 2 aromatic heterocycles. The minimum Gasteiger partial charge on any atom is -0.394 e. The van der Waals surface area contributed by atoms with Crippen molar-refractivity contribution >= 4 is 29.3 Å². The van der Waals surface area contributed by atoms with E-state index < -0.39 is 31.1 Å². The molecule has 10 heteroatoms. The molecule has 0 bridgehead atoms. The van der Waals surface area contributed by atoms with E-state index in [-0.39, 0.29) is 10.6 Å². The highest BCUT2D eigenvalue weighted by Gasteiger charge is 2.43. The zero-order valence-electron chi connectivity index (χ0n) is 10.2. The number of aromatic nitrogens is 4. The molecule has 20 heavy (non-hydrogen) atoms.